The molecule has 2 aromatic carbocycles. The van der Waals surface area contributed by atoms with E-state index in [2.05, 4.69) is 22.2 Å². The number of nitrogens with one attached hydrogen (secondary N) is 2. The van der Waals surface area contributed by atoms with E-state index in [1.54, 1.807) is 0 Å². The lowest BCUT2D eigenvalue weighted by atomic mass is 10.0. The molecule has 0 radical (unpaired) electrons. The van der Waals surface area contributed by atoms with Crippen LogP contribution < -0.4 is 5.32 Å². The number of para-hydroxylation sites is 3. The van der Waals surface area contributed by atoms with Crippen LogP contribution in [0.25, 0.3) is 22.4 Å². The molecule has 0 aliphatic heterocycles. The summed E-state index contributed by atoms with van der Waals surface area (Å²) in [4.78, 5) is 20.3. The zero-order chi connectivity index (χ0) is 16.2. The standard InChI is InChI=1S/C19H21N3O/c1-3-8-13(2)19(23)22-15-10-5-4-9-14(15)18-20-16-11-6-7-12-17(16)21-18/h4-7,9-13H,3,8H2,1-2H3,(H,20,21)(H,22,23). The van der Waals surface area contributed by atoms with Gasteiger partial charge in [0.2, 0.25) is 5.91 Å². The maximum Gasteiger partial charge on any atom is 0.227 e. The highest BCUT2D eigenvalue weighted by Crippen LogP contribution is 2.28. The Hall–Kier alpha value is -2.62. The van der Waals surface area contributed by atoms with Crippen molar-refractivity contribution in [2.24, 2.45) is 5.92 Å². The molecule has 3 aromatic rings. The van der Waals surface area contributed by atoms with E-state index in [1.165, 1.54) is 0 Å². The van der Waals surface area contributed by atoms with Gasteiger partial charge in [0.25, 0.3) is 0 Å². The van der Waals surface area contributed by atoms with Gasteiger partial charge in [0.15, 0.2) is 0 Å². The Balaban J connectivity index is 1.93. The molecule has 0 spiro atoms. The minimum absolute atomic E-state index is 0.00345. The Morgan fingerprint density at radius 3 is 2.70 bits per heavy atom. The molecule has 4 nitrogen and oxygen atoms in total. The van der Waals surface area contributed by atoms with Crippen LogP contribution in [0.5, 0.6) is 0 Å². The van der Waals surface area contributed by atoms with Crippen molar-refractivity contribution in [2.75, 3.05) is 5.32 Å². The number of H-pyrrole nitrogens is 1. The molecule has 4 heteroatoms. The zero-order valence-corrected chi connectivity index (χ0v) is 13.5. The molecule has 0 aliphatic carbocycles. The van der Waals surface area contributed by atoms with Gasteiger partial charge < -0.3 is 10.3 Å². The van der Waals surface area contributed by atoms with Gasteiger partial charge in [-0.05, 0) is 30.7 Å². The summed E-state index contributed by atoms with van der Waals surface area (Å²) in [5, 5.41) is 3.04. The number of hydrogen-bond acceptors (Lipinski definition) is 2. The summed E-state index contributed by atoms with van der Waals surface area (Å²) in [5.41, 5.74) is 3.60. The first-order valence-corrected chi connectivity index (χ1v) is 8.04. The Morgan fingerprint density at radius 2 is 1.91 bits per heavy atom. The second kappa shape index (κ2) is 6.65. The van der Waals surface area contributed by atoms with Crippen molar-refractivity contribution in [1.82, 2.24) is 9.97 Å². The highest BCUT2D eigenvalue weighted by molar-refractivity contribution is 5.96. The molecule has 3 rings (SSSR count). The van der Waals surface area contributed by atoms with E-state index in [0.29, 0.717) is 0 Å². The Bertz CT molecular complexity index is 789. The molecule has 0 fully saturated rings. The topological polar surface area (TPSA) is 57.8 Å². The van der Waals surface area contributed by atoms with Crippen molar-refractivity contribution in [1.29, 1.82) is 0 Å². The zero-order valence-electron chi connectivity index (χ0n) is 13.5. The fraction of sp³-hybridized carbons (Fsp3) is 0.263. The van der Waals surface area contributed by atoms with Gasteiger partial charge >= 0.3 is 0 Å². The number of rotatable bonds is 5. The second-order valence-corrected chi connectivity index (χ2v) is 5.83. The van der Waals surface area contributed by atoms with Crippen LogP contribution in [0.2, 0.25) is 0 Å². The third kappa shape index (κ3) is 3.26. The molecule has 1 unspecified atom stereocenters. The highest BCUT2D eigenvalue weighted by atomic mass is 16.1. The molecule has 0 aliphatic rings. The van der Waals surface area contributed by atoms with Gasteiger partial charge in [0, 0.05) is 11.5 Å². The lowest BCUT2D eigenvalue weighted by Crippen LogP contribution is -2.20. The largest absolute Gasteiger partial charge is 0.338 e. The summed E-state index contributed by atoms with van der Waals surface area (Å²) < 4.78 is 0. The minimum Gasteiger partial charge on any atom is -0.338 e. The number of hydrogen-bond donors (Lipinski definition) is 2. The minimum atomic E-state index is 0.00345. The first-order valence-electron chi connectivity index (χ1n) is 8.04. The number of fused-ring (bicyclic) bond motifs is 1. The fourth-order valence-electron chi connectivity index (χ4n) is 2.70. The van der Waals surface area contributed by atoms with Gasteiger partial charge in [-0.25, -0.2) is 4.98 Å². The Kier molecular flexibility index (Phi) is 4.42. The maximum absolute atomic E-state index is 12.3. The van der Waals surface area contributed by atoms with Crippen LogP contribution in [-0.2, 0) is 4.79 Å². The molecule has 1 atom stereocenters. The third-order valence-corrected chi connectivity index (χ3v) is 4.00. The molecule has 0 saturated heterocycles. The van der Waals surface area contributed by atoms with Crippen molar-refractivity contribution >= 4 is 22.6 Å². The molecular weight excluding hydrogens is 286 g/mol. The van der Waals surface area contributed by atoms with Crippen LogP contribution in [0.1, 0.15) is 26.7 Å². The molecule has 0 bridgehead atoms. The monoisotopic (exact) mass is 307 g/mol. The van der Waals surface area contributed by atoms with E-state index >= 15 is 0 Å². The van der Waals surface area contributed by atoms with E-state index in [4.69, 9.17) is 0 Å². The predicted molar refractivity (Wildman–Crippen MR) is 94.2 cm³/mol. The number of benzene rings is 2. The molecule has 0 saturated carbocycles. The highest BCUT2D eigenvalue weighted by Gasteiger charge is 2.15. The van der Waals surface area contributed by atoms with Crippen molar-refractivity contribution < 1.29 is 4.79 Å². The summed E-state index contributed by atoms with van der Waals surface area (Å²) in [5.74, 6) is 0.824. The van der Waals surface area contributed by atoms with Crippen LogP contribution in [0.4, 0.5) is 5.69 Å². The maximum atomic E-state index is 12.3. The number of nitrogens with zero attached hydrogens (tertiary/aromatic N) is 1. The molecular formula is C19H21N3O. The van der Waals surface area contributed by atoms with Crippen LogP contribution in [-0.4, -0.2) is 15.9 Å². The quantitative estimate of drug-likeness (QED) is 0.723. The lowest BCUT2D eigenvalue weighted by molar-refractivity contribution is -0.119. The average Bonchev–Trinajstić information content (AvgIpc) is 2.99. The second-order valence-electron chi connectivity index (χ2n) is 5.83. The Morgan fingerprint density at radius 1 is 1.17 bits per heavy atom. The summed E-state index contributed by atoms with van der Waals surface area (Å²) >= 11 is 0. The first kappa shape index (κ1) is 15.3. The number of anilines is 1. The van der Waals surface area contributed by atoms with Crippen molar-refractivity contribution in [3.8, 4) is 11.4 Å². The van der Waals surface area contributed by atoms with Gasteiger partial charge in [-0.15, -0.1) is 0 Å². The van der Waals surface area contributed by atoms with Crippen molar-refractivity contribution in [2.45, 2.75) is 26.7 Å². The number of imidazole rings is 1. The average molecular weight is 307 g/mol. The lowest BCUT2D eigenvalue weighted by Gasteiger charge is -2.13. The molecule has 1 amide bonds. The van der Waals surface area contributed by atoms with E-state index in [0.717, 1.165) is 41.0 Å². The smallest absolute Gasteiger partial charge is 0.227 e. The molecule has 2 N–H and O–H groups in total. The van der Waals surface area contributed by atoms with Gasteiger partial charge in [-0.3, -0.25) is 4.79 Å². The normalized spacial score (nSPS) is 12.3. The van der Waals surface area contributed by atoms with E-state index in [1.807, 2.05) is 55.5 Å². The number of carbonyl (C=O) groups is 1. The van der Waals surface area contributed by atoms with E-state index in [9.17, 15) is 4.79 Å². The first-order chi connectivity index (χ1) is 11.2. The number of carbonyl (C=O) groups excluding carboxylic acids is 1. The van der Waals surface area contributed by atoms with Gasteiger partial charge in [-0.2, -0.15) is 0 Å². The fourth-order valence-corrected chi connectivity index (χ4v) is 2.70. The predicted octanol–water partition coefficient (Wildman–Crippen LogP) is 4.60. The SMILES string of the molecule is CCCC(C)C(=O)Nc1ccccc1-c1nc2ccccc2[nH]1. The van der Waals surface area contributed by atoms with Gasteiger partial charge in [-0.1, -0.05) is 44.5 Å². The summed E-state index contributed by atoms with van der Waals surface area (Å²) in [6.45, 7) is 4.05. The molecule has 118 valence electrons. The van der Waals surface area contributed by atoms with Crippen LogP contribution >= 0.6 is 0 Å². The van der Waals surface area contributed by atoms with Crippen molar-refractivity contribution in [3.05, 3.63) is 48.5 Å². The van der Waals surface area contributed by atoms with Crippen LogP contribution in [0, 0.1) is 5.92 Å². The molecule has 23 heavy (non-hydrogen) atoms. The molecule has 1 heterocycles. The summed E-state index contributed by atoms with van der Waals surface area (Å²) in [6, 6.07) is 15.7. The summed E-state index contributed by atoms with van der Waals surface area (Å²) in [7, 11) is 0. The number of aromatic amines is 1. The van der Waals surface area contributed by atoms with E-state index in [-0.39, 0.29) is 11.8 Å². The van der Waals surface area contributed by atoms with Crippen LogP contribution in [0.3, 0.4) is 0 Å². The number of amides is 1. The third-order valence-electron chi connectivity index (χ3n) is 4.00. The molecule has 1 aromatic heterocycles. The van der Waals surface area contributed by atoms with Crippen molar-refractivity contribution in [3.63, 3.8) is 0 Å². The summed E-state index contributed by atoms with van der Waals surface area (Å²) in [6.07, 6.45) is 1.89. The Labute approximate surface area is 136 Å². The van der Waals surface area contributed by atoms with Gasteiger partial charge in [0.1, 0.15) is 5.82 Å². The van der Waals surface area contributed by atoms with Gasteiger partial charge in [0.05, 0.1) is 16.7 Å². The van der Waals surface area contributed by atoms with Crippen LogP contribution in [0.15, 0.2) is 48.5 Å². The van der Waals surface area contributed by atoms with E-state index < -0.39 is 0 Å². The number of aromatic nitrogens is 2.